The van der Waals surface area contributed by atoms with Crippen LogP contribution in [0.1, 0.15) is 27.2 Å². The first-order valence-corrected chi connectivity index (χ1v) is 5.65. The molecular formula is C12H25NO2. The summed E-state index contributed by atoms with van der Waals surface area (Å²) in [5.74, 6) is 0. The molecule has 0 aliphatic rings. The number of ether oxygens (including phenoxy) is 2. The normalized spacial score (nSPS) is 12.5. The first-order chi connectivity index (χ1) is 7.20. The molecule has 0 aliphatic carbocycles. The van der Waals surface area contributed by atoms with Gasteiger partial charge in [0.15, 0.2) is 0 Å². The summed E-state index contributed by atoms with van der Waals surface area (Å²) in [5.41, 5.74) is 1.32. The van der Waals surface area contributed by atoms with E-state index in [0.717, 1.165) is 13.0 Å². The molecule has 0 heterocycles. The summed E-state index contributed by atoms with van der Waals surface area (Å²) in [4.78, 5) is 0. The maximum Gasteiger partial charge on any atom is 0.0701 e. The number of hydrogen-bond donors (Lipinski definition) is 1. The van der Waals surface area contributed by atoms with Gasteiger partial charge in [0.2, 0.25) is 0 Å². The van der Waals surface area contributed by atoms with E-state index in [9.17, 15) is 0 Å². The molecule has 1 atom stereocenters. The van der Waals surface area contributed by atoms with Gasteiger partial charge in [-0.1, -0.05) is 18.6 Å². The molecule has 0 rings (SSSR count). The van der Waals surface area contributed by atoms with Crippen molar-refractivity contribution in [2.24, 2.45) is 0 Å². The standard InChI is InChI=1S/C12H25NO2/c1-5-6-13-12(9-11(2)3)10-15-8-7-14-4/h9,12-13H,5-8,10H2,1-4H3. The van der Waals surface area contributed by atoms with Gasteiger partial charge in [-0.2, -0.15) is 0 Å². The summed E-state index contributed by atoms with van der Waals surface area (Å²) < 4.78 is 10.4. The second kappa shape index (κ2) is 10.1. The lowest BCUT2D eigenvalue weighted by Gasteiger charge is -2.15. The summed E-state index contributed by atoms with van der Waals surface area (Å²) in [6.45, 7) is 9.45. The molecule has 0 radical (unpaired) electrons. The second-order valence-corrected chi connectivity index (χ2v) is 3.87. The van der Waals surface area contributed by atoms with Crippen molar-refractivity contribution >= 4 is 0 Å². The van der Waals surface area contributed by atoms with Crippen molar-refractivity contribution in [3.63, 3.8) is 0 Å². The Balaban J connectivity index is 3.75. The Morgan fingerprint density at radius 3 is 2.60 bits per heavy atom. The minimum absolute atomic E-state index is 0.326. The maximum absolute atomic E-state index is 5.50. The second-order valence-electron chi connectivity index (χ2n) is 3.87. The van der Waals surface area contributed by atoms with Crippen molar-refractivity contribution < 1.29 is 9.47 Å². The minimum Gasteiger partial charge on any atom is -0.382 e. The van der Waals surface area contributed by atoms with Gasteiger partial charge in [-0.3, -0.25) is 0 Å². The summed E-state index contributed by atoms with van der Waals surface area (Å²) >= 11 is 0. The van der Waals surface area contributed by atoms with Crippen LogP contribution in [0.4, 0.5) is 0 Å². The van der Waals surface area contributed by atoms with Crippen LogP contribution in [0, 0.1) is 0 Å². The van der Waals surface area contributed by atoms with E-state index in [-0.39, 0.29) is 0 Å². The van der Waals surface area contributed by atoms with Crippen molar-refractivity contribution in [3.8, 4) is 0 Å². The van der Waals surface area contributed by atoms with Crippen LogP contribution in [-0.2, 0) is 9.47 Å². The Bertz CT molecular complexity index is 165. The molecule has 0 saturated heterocycles. The van der Waals surface area contributed by atoms with Crippen molar-refractivity contribution in [3.05, 3.63) is 11.6 Å². The predicted octanol–water partition coefficient (Wildman–Crippen LogP) is 1.98. The van der Waals surface area contributed by atoms with E-state index in [4.69, 9.17) is 9.47 Å². The lowest BCUT2D eigenvalue weighted by atomic mass is 10.2. The topological polar surface area (TPSA) is 30.5 Å². The van der Waals surface area contributed by atoms with E-state index in [1.165, 1.54) is 5.57 Å². The largest absolute Gasteiger partial charge is 0.382 e. The van der Waals surface area contributed by atoms with E-state index >= 15 is 0 Å². The van der Waals surface area contributed by atoms with Crippen LogP contribution in [0.3, 0.4) is 0 Å². The lowest BCUT2D eigenvalue weighted by Crippen LogP contribution is -2.33. The van der Waals surface area contributed by atoms with Gasteiger partial charge >= 0.3 is 0 Å². The number of nitrogens with one attached hydrogen (secondary N) is 1. The average molecular weight is 215 g/mol. The fourth-order valence-corrected chi connectivity index (χ4v) is 1.25. The van der Waals surface area contributed by atoms with Gasteiger partial charge in [0, 0.05) is 13.2 Å². The number of hydrogen-bond acceptors (Lipinski definition) is 3. The molecule has 3 nitrogen and oxygen atoms in total. The minimum atomic E-state index is 0.326. The number of methoxy groups -OCH3 is 1. The van der Waals surface area contributed by atoms with Gasteiger partial charge < -0.3 is 14.8 Å². The summed E-state index contributed by atoms with van der Waals surface area (Å²) in [6.07, 6.45) is 3.35. The Hall–Kier alpha value is -0.380. The average Bonchev–Trinajstić information content (AvgIpc) is 2.19. The van der Waals surface area contributed by atoms with Crippen molar-refractivity contribution in [2.45, 2.75) is 33.2 Å². The molecule has 0 fully saturated rings. The van der Waals surface area contributed by atoms with Crippen molar-refractivity contribution in [2.75, 3.05) is 33.5 Å². The van der Waals surface area contributed by atoms with Crippen LogP contribution < -0.4 is 5.32 Å². The van der Waals surface area contributed by atoms with Gasteiger partial charge in [0.05, 0.1) is 19.8 Å². The molecule has 0 spiro atoms. The van der Waals surface area contributed by atoms with Gasteiger partial charge in [0.1, 0.15) is 0 Å². The Labute approximate surface area is 93.8 Å². The molecule has 0 aromatic heterocycles. The molecule has 0 aromatic rings. The molecule has 1 N–H and O–H groups in total. The highest BCUT2D eigenvalue weighted by Crippen LogP contribution is 1.96. The van der Waals surface area contributed by atoms with Crippen LogP contribution in [0.2, 0.25) is 0 Å². The third-order valence-electron chi connectivity index (χ3n) is 1.92. The zero-order valence-corrected chi connectivity index (χ0v) is 10.5. The van der Waals surface area contributed by atoms with Gasteiger partial charge in [-0.05, 0) is 26.8 Å². The third-order valence-corrected chi connectivity index (χ3v) is 1.92. The summed E-state index contributed by atoms with van der Waals surface area (Å²) in [7, 11) is 1.69. The third kappa shape index (κ3) is 9.91. The summed E-state index contributed by atoms with van der Waals surface area (Å²) in [5, 5.41) is 3.44. The van der Waals surface area contributed by atoms with E-state index in [2.05, 4.69) is 32.2 Å². The predicted molar refractivity (Wildman–Crippen MR) is 64.2 cm³/mol. The smallest absolute Gasteiger partial charge is 0.0701 e. The van der Waals surface area contributed by atoms with Gasteiger partial charge in [-0.15, -0.1) is 0 Å². The molecule has 0 aliphatic heterocycles. The first-order valence-electron chi connectivity index (χ1n) is 5.65. The van der Waals surface area contributed by atoms with E-state index in [0.29, 0.717) is 25.9 Å². The highest BCUT2D eigenvalue weighted by atomic mass is 16.5. The molecular weight excluding hydrogens is 190 g/mol. The fraction of sp³-hybridized carbons (Fsp3) is 0.833. The molecule has 0 amide bonds. The zero-order chi connectivity index (χ0) is 11.5. The van der Waals surface area contributed by atoms with Crippen molar-refractivity contribution in [1.82, 2.24) is 5.32 Å². The monoisotopic (exact) mass is 215 g/mol. The van der Waals surface area contributed by atoms with Crippen LogP contribution >= 0.6 is 0 Å². The molecule has 0 aromatic carbocycles. The molecule has 15 heavy (non-hydrogen) atoms. The van der Waals surface area contributed by atoms with Gasteiger partial charge in [0.25, 0.3) is 0 Å². The molecule has 3 heteroatoms. The molecule has 90 valence electrons. The highest BCUT2D eigenvalue weighted by molar-refractivity contribution is 5.01. The van der Waals surface area contributed by atoms with E-state index in [1.807, 2.05) is 0 Å². The van der Waals surface area contributed by atoms with Crippen LogP contribution in [-0.4, -0.2) is 39.5 Å². The number of rotatable bonds is 9. The SMILES string of the molecule is CCCNC(C=C(C)C)COCCOC. The Morgan fingerprint density at radius 1 is 1.33 bits per heavy atom. The Morgan fingerprint density at radius 2 is 2.07 bits per heavy atom. The first kappa shape index (κ1) is 14.6. The molecule has 0 saturated carbocycles. The van der Waals surface area contributed by atoms with Gasteiger partial charge in [-0.25, -0.2) is 0 Å². The highest BCUT2D eigenvalue weighted by Gasteiger charge is 2.03. The van der Waals surface area contributed by atoms with E-state index < -0.39 is 0 Å². The van der Waals surface area contributed by atoms with Crippen LogP contribution in [0.25, 0.3) is 0 Å². The molecule has 1 unspecified atom stereocenters. The van der Waals surface area contributed by atoms with Crippen molar-refractivity contribution in [1.29, 1.82) is 0 Å². The lowest BCUT2D eigenvalue weighted by molar-refractivity contribution is 0.0643. The maximum atomic E-state index is 5.50. The van der Waals surface area contributed by atoms with Crippen LogP contribution in [0.15, 0.2) is 11.6 Å². The Kier molecular flexibility index (Phi) is 9.89. The van der Waals surface area contributed by atoms with E-state index in [1.54, 1.807) is 7.11 Å². The quantitative estimate of drug-likeness (QED) is 0.471. The molecule has 0 bridgehead atoms. The van der Waals surface area contributed by atoms with Crippen LogP contribution in [0.5, 0.6) is 0 Å². The zero-order valence-electron chi connectivity index (χ0n) is 10.5. The summed E-state index contributed by atoms with van der Waals surface area (Å²) in [6, 6.07) is 0.326. The fourth-order valence-electron chi connectivity index (χ4n) is 1.25. The number of allylic oxidation sites excluding steroid dienone is 1.